The van der Waals surface area contributed by atoms with Gasteiger partial charge in [-0.1, -0.05) is 11.6 Å². The summed E-state index contributed by atoms with van der Waals surface area (Å²) in [5, 5.41) is 10.8. The molecule has 1 aromatic carbocycles. The van der Waals surface area contributed by atoms with E-state index in [1.165, 1.54) is 18.8 Å². The zero-order chi connectivity index (χ0) is 29.8. The molecule has 1 aliphatic heterocycles. The fourth-order valence-corrected chi connectivity index (χ4v) is 6.09. The van der Waals surface area contributed by atoms with Crippen molar-refractivity contribution in [3.63, 3.8) is 0 Å². The summed E-state index contributed by atoms with van der Waals surface area (Å²) in [5.41, 5.74) is 4.70. The first kappa shape index (κ1) is 29.7. The van der Waals surface area contributed by atoms with E-state index in [0.29, 0.717) is 60.9 Å². The number of ether oxygens (including phenoxy) is 3. The Bertz CT molecular complexity index is 1510. The minimum absolute atomic E-state index is 0.0985. The summed E-state index contributed by atoms with van der Waals surface area (Å²) in [7, 11) is 4.68. The number of carbonyl (C=O) groups excluding carboxylic acids is 3. The smallest absolute Gasteiger partial charge is 0.242 e. The van der Waals surface area contributed by atoms with Gasteiger partial charge in [0, 0.05) is 43.8 Å². The molecular weight excluding hydrogens is 584 g/mol. The van der Waals surface area contributed by atoms with Crippen molar-refractivity contribution >= 4 is 52.6 Å². The van der Waals surface area contributed by atoms with Gasteiger partial charge in [0.2, 0.25) is 17.7 Å². The van der Waals surface area contributed by atoms with Crippen molar-refractivity contribution in [1.82, 2.24) is 25.0 Å². The molecule has 1 unspecified atom stereocenters. The normalized spacial score (nSPS) is 15.5. The minimum atomic E-state index is -0.500. The molecule has 3 amide bonds. The van der Waals surface area contributed by atoms with Crippen molar-refractivity contribution in [1.29, 1.82) is 0 Å². The number of carbonyl (C=O) groups is 3. The third-order valence-electron chi connectivity index (χ3n) is 7.07. The van der Waals surface area contributed by atoms with Crippen LogP contribution in [0.3, 0.4) is 0 Å². The molecule has 1 atom stereocenters. The van der Waals surface area contributed by atoms with Gasteiger partial charge in [-0.25, -0.2) is 4.98 Å². The van der Waals surface area contributed by atoms with E-state index in [-0.39, 0.29) is 29.9 Å². The highest BCUT2D eigenvalue weighted by Gasteiger charge is 2.36. The number of aromatic nitrogens is 3. The van der Waals surface area contributed by atoms with Crippen LogP contribution in [0, 0.1) is 0 Å². The van der Waals surface area contributed by atoms with Crippen LogP contribution in [0.15, 0.2) is 30.5 Å². The number of imide groups is 1. The summed E-state index contributed by atoms with van der Waals surface area (Å²) in [4.78, 5) is 41.1. The van der Waals surface area contributed by atoms with Gasteiger partial charge in [0.1, 0.15) is 0 Å². The lowest BCUT2D eigenvalue weighted by Crippen LogP contribution is -2.31. The summed E-state index contributed by atoms with van der Waals surface area (Å²) in [6.07, 6.45) is 2.40. The van der Waals surface area contributed by atoms with Gasteiger partial charge in [-0.2, -0.15) is 5.10 Å². The van der Waals surface area contributed by atoms with Crippen LogP contribution in [0.1, 0.15) is 17.5 Å². The van der Waals surface area contributed by atoms with Crippen LogP contribution in [0.4, 0.5) is 11.5 Å². The first-order chi connectivity index (χ1) is 20.3. The van der Waals surface area contributed by atoms with Gasteiger partial charge < -0.3 is 24.8 Å². The number of nitrogens with one attached hydrogen (secondary N) is 2. The van der Waals surface area contributed by atoms with Gasteiger partial charge in [-0.15, -0.1) is 11.8 Å². The third-order valence-corrected chi connectivity index (χ3v) is 8.57. The largest absolute Gasteiger partial charge is 0.493 e. The molecule has 0 saturated carbocycles. The second-order valence-corrected chi connectivity index (χ2v) is 11.2. The standard InChI is InChI=1S/C28H31ClN6O6S/c1-34-24(37)14-22(28(34)38)42-15-23(36)30-7-9-41-10-8-35-25-17-13-21(40-3)20(39-2)12-16(17)11-18(25)27(33-35)32-19-5-4-6-31-26(19)29/h4-6,12-13,22H,7-11,14-15H2,1-3H3,(H,30,36)(H,32,33). The Balaban J connectivity index is 1.19. The molecule has 222 valence electrons. The number of rotatable bonds is 13. The Labute approximate surface area is 252 Å². The van der Waals surface area contributed by atoms with E-state index in [9.17, 15) is 14.4 Å². The fourth-order valence-electron chi connectivity index (χ4n) is 4.91. The number of anilines is 2. The molecule has 2 N–H and O–H groups in total. The number of fused-ring (bicyclic) bond motifs is 3. The minimum Gasteiger partial charge on any atom is -0.493 e. The van der Waals surface area contributed by atoms with Crippen LogP contribution in [-0.2, 0) is 32.1 Å². The molecule has 2 aromatic heterocycles. The molecule has 5 rings (SSSR count). The van der Waals surface area contributed by atoms with E-state index < -0.39 is 5.25 Å². The molecule has 0 bridgehead atoms. The zero-order valence-electron chi connectivity index (χ0n) is 23.4. The fraction of sp³-hybridized carbons (Fsp3) is 0.393. The Morgan fingerprint density at radius 1 is 1.19 bits per heavy atom. The SMILES string of the molecule is COc1cc2c(cc1OC)-c1c(c(Nc3cccnc3Cl)nn1CCOCCNC(=O)CSC1CC(=O)N(C)C1=O)C2. The van der Waals surface area contributed by atoms with Crippen LogP contribution in [-0.4, -0.2) is 89.4 Å². The van der Waals surface area contributed by atoms with Crippen molar-refractivity contribution in [2.45, 2.75) is 24.6 Å². The predicted octanol–water partition coefficient (Wildman–Crippen LogP) is 2.89. The molecule has 1 fully saturated rings. The average molecular weight is 615 g/mol. The summed E-state index contributed by atoms with van der Waals surface area (Å²) < 4.78 is 18.8. The van der Waals surface area contributed by atoms with Crippen molar-refractivity contribution in [2.24, 2.45) is 0 Å². The first-order valence-electron chi connectivity index (χ1n) is 13.3. The van der Waals surface area contributed by atoms with E-state index in [4.69, 9.17) is 30.9 Å². The van der Waals surface area contributed by atoms with E-state index in [1.807, 2.05) is 22.9 Å². The summed E-state index contributed by atoms with van der Waals surface area (Å²) >= 11 is 7.48. The molecule has 2 aliphatic rings. The molecule has 12 nitrogen and oxygen atoms in total. The molecule has 42 heavy (non-hydrogen) atoms. The monoisotopic (exact) mass is 614 g/mol. The number of benzene rings is 1. The number of nitrogens with zero attached hydrogens (tertiary/aromatic N) is 4. The predicted molar refractivity (Wildman–Crippen MR) is 159 cm³/mol. The summed E-state index contributed by atoms with van der Waals surface area (Å²) in [5.74, 6) is 1.37. The Morgan fingerprint density at radius 3 is 2.69 bits per heavy atom. The van der Waals surface area contributed by atoms with E-state index in [2.05, 4.69) is 15.6 Å². The van der Waals surface area contributed by atoms with Gasteiger partial charge in [-0.3, -0.25) is 24.0 Å². The Hall–Kier alpha value is -3.81. The van der Waals surface area contributed by atoms with Crippen LogP contribution in [0.25, 0.3) is 11.3 Å². The second kappa shape index (κ2) is 13.0. The van der Waals surface area contributed by atoms with E-state index in [0.717, 1.165) is 27.3 Å². The van der Waals surface area contributed by atoms with Gasteiger partial charge in [-0.05, 0) is 29.8 Å². The summed E-state index contributed by atoms with van der Waals surface area (Å²) in [6, 6.07) is 7.58. The quantitative estimate of drug-likeness (QED) is 0.131. The van der Waals surface area contributed by atoms with Crippen LogP contribution >= 0.6 is 23.4 Å². The number of methoxy groups -OCH3 is 2. The number of hydrogen-bond acceptors (Lipinski definition) is 10. The lowest BCUT2D eigenvalue weighted by Gasteiger charge is -2.13. The highest BCUT2D eigenvalue weighted by molar-refractivity contribution is 8.01. The van der Waals surface area contributed by atoms with Gasteiger partial charge in [0.25, 0.3) is 0 Å². The lowest BCUT2D eigenvalue weighted by molar-refractivity contribution is -0.136. The molecule has 14 heteroatoms. The number of halogens is 1. The topological polar surface area (TPSA) is 137 Å². The number of pyridine rings is 1. The molecule has 0 spiro atoms. The van der Waals surface area contributed by atoms with Gasteiger partial charge in [0.05, 0.1) is 56.4 Å². The molecule has 3 heterocycles. The molecule has 1 aliphatic carbocycles. The lowest BCUT2D eigenvalue weighted by atomic mass is 10.1. The van der Waals surface area contributed by atoms with Crippen LogP contribution < -0.4 is 20.1 Å². The number of thioether (sulfide) groups is 1. The van der Waals surface area contributed by atoms with Crippen molar-refractivity contribution in [3.05, 3.63) is 46.7 Å². The van der Waals surface area contributed by atoms with Gasteiger partial charge in [0.15, 0.2) is 22.5 Å². The maximum Gasteiger partial charge on any atom is 0.242 e. The molecule has 1 saturated heterocycles. The highest BCUT2D eigenvalue weighted by Crippen LogP contribution is 2.45. The first-order valence-corrected chi connectivity index (χ1v) is 14.7. The maximum atomic E-state index is 12.2. The zero-order valence-corrected chi connectivity index (χ0v) is 25.0. The second-order valence-electron chi connectivity index (χ2n) is 9.66. The van der Waals surface area contributed by atoms with E-state index >= 15 is 0 Å². The Morgan fingerprint density at radius 2 is 1.98 bits per heavy atom. The van der Waals surface area contributed by atoms with Gasteiger partial charge >= 0.3 is 0 Å². The van der Waals surface area contributed by atoms with Crippen molar-refractivity contribution in [2.75, 3.05) is 52.1 Å². The average Bonchev–Trinajstić information content (AvgIpc) is 3.60. The number of amides is 3. The third kappa shape index (κ3) is 6.18. The Kier molecular flexibility index (Phi) is 9.19. The number of hydrogen-bond donors (Lipinski definition) is 2. The number of likely N-dealkylation sites (tertiary alicyclic amines) is 1. The summed E-state index contributed by atoms with van der Waals surface area (Å²) in [6.45, 7) is 1.45. The molecular formula is C28H31ClN6O6S. The highest BCUT2D eigenvalue weighted by atomic mass is 35.5. The molecule has 0 radical (unpaired) electrons. The van der Waals surface area contributed by atoms with E-state index in [1.54, 1.807) is 26.5 Å². The van der Waals surface area contributed by atoms with Crippen LogP contribution in [0.5, 0.6) is 11.5 Å². The van der Waals surface area contributed by atoms with Crippen molar-refractivity contribution < 1.29 is 28.6 Å². The van der Waals surface area contributed by atoms with Crippen molar-refractivity contribution in [3.8, 4) is 22.8 Å². The molecule has 3 aromatic rings. The maximum absolute atomic E-state index is 12.2. The van der Waals surface area contributed by atoms with Crippen LogP contribution in [0.2, 0.25) is 5.15 Å².